The first-order valence-electron chi connectivity index (χ1n) is 11.6. The first-order chi connectivity index (χ1) is 14.2. The summed E-state index contributed by atoms with van der Waals surface area (Å²) >= 11 is 0. The molecule has 2 heterocycles. The molecule has 1 aromatic rings. The minimum absolute atomic E-state index is 0.0237. The molecule has 0 unspecified atom stereocenters. The summed E-state index contributed by atoms with van der Waals surface area (Å²) in [6.45, 7) is 2.41. The minimum Gasteiger partial charge on any atom is -0.323 e. The van der Waals surface area contributed by atoms with Gasteiger partial charge in [0.1, 0.15) is 5.54 Å². The van der Waals surface area contributed by atoms with Crippen LogP contribution in [-0.2, 0) is 11.2 Å². The maximum absolute atomic E-state index is 13.2. The molecule has 3 aliphatic rings. The predicted molar refractivity (Wildman–Crippen MR) is 114 cm³/mol. The van der Waals surface area contributed by atoms with Crippen LogP contribution in [0.4, 0.5) is 4.79 Å². The highest BCUT2D eigenvalue weighted by Gasteiger charge is 2.50. The fourth-order valence-electron chi connectivity index (χ4n) is 5.28. The Kier molecular flexibility index (Phi) is 6.53. The lowest BCUT2D eigenvalue weighted by atomic mass is 9.84. The van der Waals surface area contributed by atoms with Crippen LogP contribution in [0.15, 0.2) is 30.3 Å². The van der Waals surface area contributed by atoms with Gasteiger partial charge in [-0.3, -0.25) is 9.69 Å². The number of aryl methyl sites for hydroxylation is 1. The van der Waals surface area contributed by atoms with Gasteiger partial charge in [-0.15, -0.1) is 0 Å². The Morgan fingerprint density at radius 3 is 2.28 bits per heavy atom. The van der Waals surface area contributed by atoms with Gasteiger partial charge in [0, 0.05) is 13.1 Å². The molecule has 5 heteroatoms. The Hall–Kier alpha value is -1.88. The molecule has 2 aliphatic heterocycles. The van der Waals surface area contributed by atoms with Crippen LogP contribution < -0.4 is 5.32 Å². The zero-order valence-electron chi connectivity index (χ0n) is 17.6. The zero-order valence-corrected chi connectivity index (χ0v) is 17.6. The molecule has 1 aromatic carbocycles. The molecule has 3 amide bonds. The van der Waals surface area contributed by atoms with Crippen LogP contribution in [0.2, 0.25) is 0 Å². The fourth-order valence-corrected chi connectivity index (χ4v) is 5.28. The Morgan fingerprint density at radius 1 is 0.931 bits per heavy atom. The molecule has 1 aliphatic carbocycles. The van der Waals surface area contributed by atoms with E-state index in [4.69, 9.17) is 0 Å². The van der Waals surface area contributed by atoms with Gasteiger partial charge in [0.15, 0.2) is 0 Å². The average molecular weight is 398 g/mol. The second-order valence-corrected chi connectivity index (χ2v) is 9.24. The van der Waals surface area contributed by atoms with Gasteiger partial charge in [-0.2, -0.15) is 0 Å². The van der Waals surface area contributed by atoms with Crippen molar-refractivity contribution in [1.29, 1.82) is 0 Å². The normalized spacial score (nSPS) is 23.8. The number of rotatable bonds is 5. The predicted octanol–water partition coefficient (Wildman–Crippen LogP) is 4.32. The Bertz CT molecular complexity index is 689. The molecule has 0 radical (unpaired) electrons. The fraction of sp³-hybridized carbons (Fsp3) is 0.667. The second kappa shape index (κ2) is 9.29. The van der Waals surface area contributed by atoms with Crippen molar-refractivity contribution < 1.29 is 9.59 Å². The molecule has 1 saturated carbocycles. The van der Waals surface area contributed by atoms with E-state index in [2.05, 4.69) is 40.5 Å². The van der Waals surface area contributed by atoms with Crippen molar-refractivity contribution in [2.24, 2.45) is 5.92 Å². The number of hydrogen-bond acceptors (Lipinski definition) is 3. The Labute approximate surface area is 174 Å². The second-order valence-electron chi connectivity index (χ2n) is 9.24. The van der Waals surface area contributed by atoms with Crippen molar-refractivity contribution in [2.45, 2.75) is 76.2 Å². The Balaban J connectivity index is 1.26. The van der Waals surface area contributed by atoms with E-state index in [-0.39, 0.29) is 11.9 Å². The van der Waals surface area contributed by atoms with Crippen LogP contribution in [0.3, 0.4) is 0 Å². The van der Waals surface area contributed by atoms with E-state index in [0.717, 1.165) is 64.0 Å². The van der Waals surface area contributed by atoms with Gasteiger partial charge < -0.3 is 5.32 Å². The number of hydrogen-bond donors (Lipinski definition) is 1. The topological polar surface area (TPSA) is 52.7 Å². The molecule has 0 bridgehead atoms. The minimum atomic E-state index is -0.620. The van der Waals surface area contributed by atoms with Crippen LogP contribution in [0.1, 0.15) is 69.8 Å². The molecular formula is C24H35N3O2. The largest absolute Gasteiger partial charge is 0.326 e. The quantitative estimate of drug-likeness (QED) is 0.753. The Morgan fingerprint density at radius 2 is 1.59 bits per heavy atom. The first-order valence-corrected chi connectivity index (χ1v) is 11.6. The van der Waals surface area contributed by atoms with E-state index in [9.17, 15) is 9.59 Å². The van der Waals surface area contributed by atoms with Crippen LogP contribution in [0.25, 0.3) is 0 Å². The summed E-state index contributed by atoms with van der Waals surface area (Å²) in [5, 5.41) is 3.08. The molecule has 0 aromatic heterocycles. The van der Waals surface area contributed by atoms with Gasteiger partial charge in [0.2, 0.25) is 0 Å². The summed E-state index contributed by atoms with van der Waals surface area (Å²) in [5.41, 5.74) is 0.796. The van der Waals surface area contributed by atoms with Gasteiger partial charge in [-0.25, -0.2) is 9.69 Å². The summed E-state index contributed by atoms with van der Waals surface area (Å²) < 4.78 is 0. The maximum Gasteiger partial charge on any atom is 0.326 e. The smallest absolute Gasteiger partial charge is 0.323 e. The van der Waals surface area contributed by atoms with E-state index in [0.29, 0.717) is 6.67 Å². The summed E-state index contributed by atoms with van der Waals surface area (Å²) in [6.07, 6.45) is 11.9. The van der Waals surface area contributed by atoms with Crippen molar-refractivity contribution in [3.63, 3.8) is 0 Å². The van der Waals surface area contributed by atoms with Gasteiger partial charge >= 0.3 is 6.03 Å². The highest BCUT2D eigenvalue weighted by atomic mass is 16.2. The number of likely N-dealkylation sites (tertiary alicyclic amines) is 1. The molecule has 3 fully saturated rings. The lowest BCUT2D eigenvalue weighted by Gasteiger charge is -2.34. The third kappa shape index (κ3) is 4.82. The number of nitrogens with zero attached hydrogens (tertiary/aromatic N) is 2. The molecule has 1 N–H and O–H groups in total. The van der Waals surface area contributed by atoms with Crippen LogP contribution >= 0.6 is 0 Å². The zero-order chi connectivity index (χ0) is 20.1. The number of benzene rings is 1. The highest BCUT2D eigenvalue weighted by molar-refractivity contribution is 6.07. The van der Waals surface area contributed by atoms with Crippen molar-refractivity contribution in [3.8, 4) is 0 Å². The van der Waals surface area contributed by atoms with Crippen LogP contribution in [-0.4, -0.2) is 47.0 Å². The number of nitrogens with one attached hydrogen (secondary N) is 1. The average Bonchev–Trinajstić information content (AvgIpc) is 2.96. The van der Waals surface area contributed by atoms with E-state index >= 15 is 0 Å². The van der Waals surface area contributed by atoms with Crippen LogP contribution in [0.5, 0.6) is 0 Å². The van der Waals surface area contributed by atoms with Crippen molar-refractivity contribution in [3.05, 3.63) is 35.9 Å². The van der Waals surface area contributed by atoms with E-state index < -0.39 is 5.54 Å². The third-order valence-electron chi connectivity index (χ3n) is 7.19. The summed E-state index contributed by atoms with van der Waals surface area (Å²) in [5.74, 6) is 0.766. The molecule has 0 atom stereocenters. The first kappa shape index (κ1) is 20.4. The monoisotopic (exact) mass is 397 g/mol. The standard InChI is InChI=1S/C24H35N3O2/c28-22-24(15-7-2-1-3-8-16-24)25-23(29)27(22)19-26-17-13-21(14-18-26)12-11-20-9-5-4-6-10-20/h4-6,9-10,21H,1-3,7-8,11-19H2,(H,25,29). The molecule has 5 nitrogen and oxygen atoms in total. The summed E-state index contributed by atoms with van der Waals surface area (Å²) in [7, 11) is 0. The van der Waals surface area contributed by atoms with E-state index in [1.54, 1.807) is 0 Å². The number of imide groups is 1. The summed E-state index contributed by atoms with van der Waals surface area (Å²) in [4.78, 5) is 29.6. The molecule has 29 heavy (non-hydrogen) atoms. The highest BCUT2D eigenvalue weighted by Crippen LogP contribution is 2.32. The number of carbonyl (C=O) groups is 2. The SMILES string of the molecule is O=C1NC2(CCCCCCC2)C(=O)N1CN1CCC(CCc2ccccc2)CC1. The van der Waals surface area contributed by atoms with Crippen LogP contribution in [0, 0.1) is 5.92 Å². The molecule has 2 saturated heterocycles. The summed E-state index contributed by atoms with van der Waals surface area (Å²) in [6, 6.07) is 10.5. The number of piperidine rings is 1. The molecule has 1 spiro atoms. The molecule has 4 rings (SSSR count). The maximum atomic E-state index is 13.2. The number of carbonyl (C=O) groups excluding carboxylic acids is 2. The van der Waals surface area contributed by atoms with Crippen molar-refractivity contribution in [2.75, 3.05) is 19.8 Å². The van der Waals surface area contributed by atoms with Gasteiger partial charge in [0.05, 0.1) is 6.67 Å². The van der Waals surface area contributed by atoms with E-state index in [1.807, 2.05) is 0 Å². The van der Waals surface area contributed by atoms with Crippen molar-refractivity contribution >= 4 is 11.9 Å². The van der Waals surface area contributed by atoms with Gasteiger partial charge in [-0.1, -0.05) is 62.4 Å². The van der Waals surface area contributed by atoms with Gasteiger partial charge in [-0.05, 0) is 50.0 Å². The number of urea groups is 1. The third-order valence-corrected chi connectivity index (χ3v) is 7.19. The van der Waals surface area contributed by atoms with Crippen molar-refractivity contribution in [1.82, 2.24) is 15.1 Å². The van der Waals surface area contributed by atoms with Gasteiger partial charge in [0.25, 0.3) is 5.91 Å². The lowest BCUT2D eigenvalue weighted by Crippen LogP contribution is -2.49. The molecular weight excluding hydrogens is 362 g/mol. The number of amides is 3. The lowest BCUT2D eigenvalue weighted by molar-refractivity contribution is -0.133. The molecule has 158 valence electrons. The van der Waals surface area contributed by atoms with E-state index in [1.165, 1.54) is 36.1 Å².